The second-order valence-electron chi connectivity index (χ2n) is 8.18. The van der Waals surface area contributed by atoms with Gasteiger partial charge >= 0.3 is 0 Å². The quantitative estimate of drug-likeness (QED) is 0.623. The molecular formula is C24H28N4S. The summed E-state index contributed by atoms with van der Waals surface area (Å²) >= 11 is 1.90. The van der Waals surface area contributed by atoms with Crippen LogP contribution < -0.4 is 4.90 Å². The standard InChI is InChI=1S/C24H28N4S/c1-27-14-7-15-28(17-16-27)23-22-19-10-5-6-11-20(19)29-24(22)26-21(25-23)13-12-18-8-3-2-4-9-18/h2-4,8-9,12-13H,5-7,10-11,14-17H2,1H3. The predicted octanol–water partition coefficient (Wildman–Crippen LogP) is 4.88. The molecule has 1 saturated heterocycles. The van der Waals surface area contributed by atoms with E-state index in [4.69, 9.17) is 9.97 Å². The molecule has 1 aliphatic heterocycles. The highest BCUT2D eigenvalue weighted by Gasteiger charge is 2.24. The highest BCUT2D eigenvalue weighted by atomic mass is 32.1. The van der Waals surface area contributed by atoms with Crippen LogP contribution >= 0.6 is 11.3 Å². The van der Waals surface area contributed by atoms with Gasteiger partial charge in [-0.1, -0.05) is 36.4 Å². The molecule has 5 rings (SSSR count). The Morgan fingerprint density at radius 1 is 0.897 bits per heavy atom. The second-order valence-corrected chi connectivity index (χ2v) is 9.27. The first kappa shape index (κ1) is 18.8. The maximum Gasteiger partial charge on any atom is 0.155 e. The van der Waals surface area contributed by atoms with Gasteiger partial charge in [0, 0.05) is 24.5 Å². The molecule has 0 bridgehead atoms. The molecule has 29 heavy (non-hydrogen) atoms. The Morgan fingerprint density at radius 2 is 1.76 bits per heavy atom. The first-order valence-corrected chi connectivity index (χ1v) is 11.6. The minimum absolute atomic E-state index is 0.826. The summed E-state index contributed by atoms with van der Waals surface area (Å²) in [6, 6.07) is 10.4. The largest absolute Gasteiger partial charge is 0.355 e. The lowest BCUT2D eigenvalue weighted by Gasteiger charge is -2.23. The first-order valence-electron chi connectivity index (χ1n) is 10.8. The van der Waals surface area contributed by atoms with Crippen molar-refractivity contribution in [2.75, 3.05) is 38.1 Å². The number of hydrogen-bond donors (Lipinski definition) is 0. The van der Waals surface area contributed by atoms with Crippen molar-refractivity contribution < 1.29 is 0 Å². The SMILES string of the molecule is CN1CCCN(c2nc(C=Cc3ccccc3)nc3sc4c(c23)CCCC4)CC1. The van der Waals surface area contributed by atoms with E-state index in [1.807, 2.05) is 17.4 Å². The van der Waals surface area contributed by atoms with Crippen LogP contribution in [0.5, 0.6) is 0 Å². The lowest BCUT2D eigenvalue weighted by atomic mass is 9.97. The van der Waals surface area contributed by atoms with Gasteiger partial charge in [0.2, 0.25) is 0 Å². The maximum atomic E-state index is 5.10. The summed E-state index contributed by atoms with van der Waals surface area (Å²) in [6.07, 6.45) is 10.3. The van der Waals surface area contributed by atoms with Crippen LogP contribution in [0.15, 0.2) is 30.3 Å². The number of likely N-dealkylation sites (N-methyl/N-ethyl adjacent to an activating group) is 1. The fourth-order valence-electron chi connectivity index (χ4n) is 4.45. The predicted molar refractivity (Wildman–Crippen MR) is 124 cm³/mol. The molecule has 3 heterocycles. The van der Waals surface area contributed by atoms with Crippen molar-refractivity contribution >= 4 is 39.5 Å². The molecule has 0 radical (unpaired) electrons. The third-order valence-electron chi connectivity index (χ3n) is 6.06. The summed E-state index contributed by atoms with van der Waals surface area (Å²) in [6.45, 7) is 4.36. The molecule has 0 amide bonds. The summed E-state index contributed by atoms with van der Waals surface area (Å²) in [5.74, 6) is 1.99. The second kappa shape index (κ2) is 8.25. The van der Waals surface area contributed by atoms with E-state index in [1.165, 1.54) is 58.3 Å². The average Bonchev–Trinajstić information content (AvgIpc) is 2.99. The topological polar surface area (TPSA) is 32.3 Å². The van der Waals surface area contributed by atoms with Gasteiger partial charge in [-0.25, -0.2) is 9.97 Å². The van der Waals surface area contributed by atoms with Crippen LogP contribution in [-0.2, 0) is 12.8 Å². The molecule has 1 aliphatic carbocycles. The summed E-state index contributed by atoms with van der Waals surface area (Å²) in [5, 5.41) is 1.34. The Hall–Kier alpha value is -2.24. The van der Waals surface area contributed by atoms with E-state index in [0.29, 0.717) is 0 Å². The monoisotopic (exact) mass is 404 g/mol. The molecule has 2 aromatic heterocycles. The van der Waals surface area contributed by atoms with Crippen molar-refractivity contribution in [3.05, 3.63) is 52.2 Å². The number of thiophene rings is 1. The fraction of sp³-hybridized carbons (Fsp3) is 0.417. The lowest BCUT2D eigenvalue weighted by Crippen LogP contribution is -2.29. The normalized spacial score (nSPS) is 18.3. The van der Waals surface area contributed by atoms with Crippen molar-refractivity contribution in [2.45, 2.75) is 32.1 Å². The zero-order valence-corrected chi connectivity index (χ0v) is 17.9. The average molecular weight is 405 g/mol. The van der Waals surface area contributed by atoms with Gasteiger partial charge in [-0.3, -0.25) is 0 Å². The number of benzene rings is 1. The Morgan fingerprint density at radius 3 is 2.66 bits per heavy atom. The van der Waals surface area contributed by atoms with E-state index < -0.39 is 0 Å². The third-order valence-corrected chi connectivity index (χ3v) is 7.24. The van der Waals surface area contributed by atoms with Gasteiger partial charge in [0.1, 0.15) is 10.6 Å². The summed E-state index contributed by atoms with van der Waals surface area (Å²) in [7, 11) is 2.22. The molecule has 5 heteroatoms. The van der Waals surface area contributed by atoms with Gasteiger partial charge < -0.3 is 9.80 Å². The van der Waals surface area contributed by atoms with Gasteiger partial charge in [0.05, 0.1) is 5.39 Å². The molecule has 1 aromatic carbocycles. The van der Waals surface area contributed by atoms with Crippen LogP contribution in [0.3, 0.4) is 0 Å². The van der Waals surface area contributed by atoms with Crippen molar-refractivity contribution in [3.8, 4) is 0 Å². The summed E-state index contributed by atoms with van der Waals surface area (Å²) in [5.41, 5.74) is 2.71. The van der Waals surface area contributed by atoms with Gasteiger partial charge in [0.15, 0.2) is 5.82 Å². The Labute approximate surface area is 176 Å². The van der Waals surface area contributed by atoms with E-state index in [0.717, 1.165) is 37.8 Å². The molecule has 0 saturated carbocycles. The number of aryl methyl sites for hydroxylation is 2. The first-order chi connectivity index (χ1) is 14.3. The lowest BCUT2D eigenvalue weighted by molar-refractivity contribution is 0.360. The van der Waals surface area contributed by atoms with E-state index in [-0.39, 0.29) is 0 Å². The van der Waals surface area contributed by atoms with E-state index in [1.54, 1.807) is 0 Å². The minimum Gasteiger partial charge on any atom is -0.355 e. The van der Waals surface area contributed by atoms with Gasteiger partial charge in [-0.15, -0.1) is 11.3 Å². The molecule has 4 nitrogen and oxygen atoms in total. The highest BCUT2D eigenvalue weighted by molar-refractivity contribution is 7.19. The molecule has 0 atom stereocenters. The maximum absolute atomic E-state index is 5.10. The fourth-order valence-corrected chi connectivity index (χ4v) is 5.71. The van der Waals surface area contributed by atoms with E-state index >= 15 is 0 Å². The van der Waals surface area contributed by atoms with Crippen molar-refractivity contribution in [1.82, 2.24) is 14.9 Å². The van der Waals surface area contributed by atoms with Gasteiger partial charge in [-0.05, 0) is 62.9 Å². The van der Waals surface area contributed by atoms with E-state index in [2.05, 4.69) is 53.3 Å². The zero-order valence-electron chi connectivity index (χ0n) is 17.1. The van der Waals surface area contributed by atoms with Crippen LogP contribution in [0.4, 0.5) is 5.82 Å². The summed E-state index contributed by atoms with van der Waals surface area (Å²) < 4.78 is 0. The third kappa shape index (κ3) is 3.94. The van der Waals surface area contributed by atoms with Crippen LogP contribution in [-0.4, -0.2) is 48.1 Å². The Kier molecular flexibility index (Phi) is 5.34. The molecule has 0 N–H and O–H groups in total. The molecule has 3 aromatic rings. The molecule has 1 fully saturated rings. The summed E-state index contributed by atoms with van der Waals surface area (Å²) in [4.78, 5) is 17.7. The number of rotatable bonds is 3. The number of hydrogen-bond acceptors (Lipinski definition) is 5. The van der Waals surface area contributed by atoms with Gasteiger partial charge in [-0.2, -0.15) is 0 Å². The molecule has 150 valence electrons. The van der Waals surface area contributed by atoms with Crippen molar-refractivity contribution in [1.29, 1.82) is 0 Å². The molecule has 0 unspecified atom stereocenters. The Balaban J connectivity index is 1.59. The van der Waals surface area contributed by atoms with Crippen molar-refractivity contribution in [2.24, 2.45) is 0 Å². The van der Waals surface area contributed by atoms with Gasteiger partial charge in [0.25, 0.3) is 0 Å². The smallest absolute Gasteiger partial charge is 0.155 e. The van der Waals surface area contributed by atoms with Crippen LogP contribution in [0.25, 0.3) is 22.4 Å². The number of anilines is 1. The minimum atomic E-state index is 0.826. The number of nitrogens with zero attached hydrogens (tertiary/aromatic N) is 4. The molecule has 2 aliphatic rings. The molecule has 0 spiro atoms. The van der Waals surface area contributed by atoms with Crippen LogP contribution in [0.2, 0.25) is 0 Å². The Bertz CT molecular complexity index is 1020. The highest BCUT2D eigenvalue weighted by Crippen LogP contribution is 2.40. The number of fused-ring (bicyclic) bond motifs is 3. The zero-order chi connectivity index (χ0) is 19.6. The number of aromatic nitrogens is 2. The van der Waals surface area contributed by atoms with Crippen molar-refractivity contribution in [3.63, 3.8) is 0 Å². The van der Waals surface area contributed by atoms with Crippen LogP contribution in [0, 0.1) is 0 Å². The molecular weight excluding hydrogens is 376 g/mol. The van der Waals surface area contributed by atoms with E-state index in [9.17, 15) is 0 Å². The van der Waals surface area contributed by atoms with Crippen LogP contribution in [0.1, 0.15) is 41.1 Å².